The van der Waals surface area contributed by atoms with Crippen LogP contribution in [-0.2, 0) is 16.6 Å². The number of amides is 1. The van der Waals surface area contributed by atoms with Crippen molar-refractivity contribution < 1.29 is 9.90 Å². The second kappa shape index (κ2) is 6.09. The van der Waals surface area contributed by atoms with Crippen molar-refractivity contribution in [1.29, 1.82) is 0 Å². The third-order valence-electron chi connectivity index (χ3n) is 3.18. The molecule has 0 atom stereocenters. The van der Waals surface area contributed by atoms with E-state index in [1.165, 1.54) is 0 Å². The number of aromatic hydroxyl groups is 1. The predicted octanol–water partition coefficient (Wildman–Crippen LogP) is 3.07. The smallest absolute Gasteiger partial charge is 0.220 e. The Hall–Kier alpha value is -1.51. The Bertz CT molecular complexity index is 459. The maximum absolute atomic E-state index is 11.5. The highest BCUT2D eigenvalue weighted by molar-refractivity contribution is 5.76. The van der Waals surface area contributed by atoms with E-state index in [0.717, 1.165) is 16.7 Å². The molecule has 106 valence electrons. The van der Waals surface area contributed by atoms with Gasteiger partial charge < -0.3 is 10.4 Å². The van der Waals surface area contributed by atoms with Crippen LogP contribution in [0.2, 0.25) is 0 Å². The summed E-state index contributed by atoms with van der Waals surface area (Å²) >= 11 is 0. The van der Waals surface area contributed by atoms with Crippen molar-refractivity contribution in [2.75, 3.05) is 6.54 Å². The van der Waals surface area contributed by atoms with Crippen LogP contribution in [0.4, 0.5) is 0 Å². The summed E-state index contributed by atoms with van der Waals surface area (Å²) in [6.07, 6.45) is 1.19. The van der Waals surface area contributed by atoms with Crippen LogP contribution in [0.3, 0.4) is 0 Å². The topological polar surface area (TPSA) is 49.3 Å². The summed E-state index contributed by atoms with van der Waals surface area (Å²) in [6.45, 7) is 10.7. The molecule has 0 saturated carbocycles. The number of carbonyl (C=O) groups is 1. The molecule has 2 N–H and O–H groups in total. The van der Waals surface area contributed by atoms with Gasteiger partial charge in [0.1, 0.15) is 5.75 Å². The molecule has 0 spiro atoms. The number of rotatable bonds is 4. The van der Waals surface area contributed by atoms with Crippen molar-refractivity contribution in [2.24, 2.45) is 0 Å². The number of phenolic OH excluding ortho intramolecular Hbond substituents is 1. The first-order valence-corrected chi connectivity index (χ1v) is 6.85. The number of nitrogens with one attached hydrogen (secondary N) is 1. The molecule has 0 saturated heterocycles. The molecular weight excluding hydrogens is 238 g/mol. The van der Waals surface area contributed by atoms with Crippen LogP contribution >= 0.6 is 0 Å². The maximum Gasteiger partial charge on any atom is 0.220 e. The van der Waals surface area contributed by atoms with Gasteiger partial charge in [0.15, 0.2) is 0 Å². The number of hydrogen-bond donors (Lipinski definition) is 2. The Morgan fingerprint density at radius 2 is 1.95 bits per heavy atom. The van der Waals surface area contributed by atoms with Crippen LogP contribution in [0.1, 0.15) is 50.8 Å². The van der Waals surface area contributed by atoms with Crippen LogP contribution in [0.5, 0.6) is 5.75 Å². The third kappa shape index (κ3) is 4.27. The zero-order valence-corrected chi connectivity index (χ0v) is 12.6. The number of benzene rings is 1. The summed E-state index contributed by atoms with van der Waals surface area (Å²) in [5, 5.41) is 12.9. The summed E-state index contributed by atoms with van der Waals surface area (Å²) < 4.78 is 0. The first kappa shape index (κ1) is 15.5. The van der Waals surface area contributed by atoms with Gasteiger partial charge in [0.25, 0.3) is 0 Å². The molecular formula is C16H25NO2. The van der Waals surface area contributed by atoms with E-state index in [2.05, 4.69) is 26.1 Å². The van der Waals surface area contributed by atoms with Crippen molar-refractivity contribution in [2.45, 2.75) is 52.9 Å². The van der Waals surface area contributed by atoms with Crippen molar-refractivity contribution in [1.82, 2.24) is 5.32 Å². The summed E-state index contributed by atoms with van der Waals surface area (Å²) in [4.78, 5) is 11.5. The molecule has 1 aromatic rings. The van der Waals surface area contributed by atoms with Crippen LogP contribution in [0, 0.1) is 6.92 Å². The Labute approximate surface area is 116 Å². The fraction of sp³-hybridized carbons (Fsp3) is 0.562. The Morgan fingerprint density at radius 3 is 2.47 bits per heavy atom. The van der Waals surface area contributed by atoms with E-state index in [1.54, 1.807) is 0 Å². The van der Waals surface area contributed by atoms with Crippen molar-refractivity contribution in [3.8, 4) is 5.75 Å². The number of phenols is 1. The normalized spacial score (nSPS) is 11.4. The van der Waals surface area contributed by atoms with Gasteiger partial charge in [0, 0.05) is 13.0 Å². The van der Waals surface area contributed by atoms with Crippen LogP contribution in [-0.4, -0.2) is 17.6 Å². The van der Waals surface area contributed by atoms with Crippen LogP contribution < -0.4 is 5.32 Å². The summed E-state index contributed by atoms with van der Waals surface area (Å²) in [5.74, 6) is 0.444. The van der Waals surface area contributed by atoms with Gasteiger partial charge in [-0.2, -0.15) is 0 Å². The molecule has 0 fully saturated rings. The molecule has 3 heteroatoms. The van der Waals surface area contributed by atoms with Gasteiger partial charge in [0.05, 0.1) is 0 Å². The van der Waals surface area contributed by atoms with Gasteiger partial charge in [-0.05, 0) is 42.4 Å². The van der Waals surface area contributed by atoms with E-state index < -0.39 is 0 Å². The lowest BCUT2D eigenvalue weighted by Crippen LogP contribution is -2.22. The van der Waals surface area contributed by atoms with Gasteiger partial charge in [-0.25, -0.2) is 0 Å². The lowest BCUT2D eigenvalue weighted by Gasteiger charge is -2.22. The van der Waals surface area contributed by atoms with Gasteiger partial charge in [-0.3, -0.25) is 4.79 Å². The molecule has 0 aromatic heterocycles. The molecule has 0 bridgehead atoms. The molecule has 1 rings (SSSR count). The molecule has 0 unspecified atom stereocenters. The fourth-order valence-corrected chi connectivity index (χ4v) is 2.11. The Kier molecular flexibility index (Phi) is 4.98. The number of aryl methyl sites for hydroxylation is 2. The summed E-state index contributed by atoms with van der Waals surface area (Å²) in [7, 11) is 0. The monoisotopic (exact) mass is 263 g/mol. The zero-order valence-electron chi connectivity index (χ0n) is 12.6. The molecule has 3 nitrogen and oxygen atoms in total. The quantitative estimate of drug-likeness (QED) is 0.877. The van der Waals surface area contributed by atoms with Crippen molar-refractivity contribution in [3.63, 3.8) is 0 Å². The molecule has 1 amide bonds. The first-order valence-electron chi connectivity index (χ1n) is 6.85. The summed E-state index contributed by atoms with van der Waals surface area (Å²) in [6, 6.07) is 3.98. The second-order valence-electron chi connectivity index (χ2n) is 6.01. The van der Waals surface area contributed by atoms with Crippen molar-refractivity contribution in [3.05, 3.63) is 28.8 Å². The lowest BCUT2D eigenvalue weighted by molar-refractivity contribution is -0.120. The molecule has 0 heterocycles. The Morgan fingerprint density at radius 1 is 1.32 bits per heavy atom. The van der Waals surface area contributed by atoms with Crippen molar-refractivity contribution >= 4 is 5.91 Å². The lowest BCUT2D eigenvalue weighted by atomic mass is 9.83. The minimum Gasteiger partial charge on any atom is -0.507 e. The molecule has 0 radical (unpaired) electrons. The predicted molar refractivity (Wildman–Crippen MR) is 78.5 cm³/mol. The molecule has 0 aliphatic heterocycles. The van der Waals surface area contributed by atoms with Crippen LogP contribution in [0.15, 0.2) is 12.1 Å². The highest BCUT2D eigenvalue weighted by atomic mass is 16.3. The largest absolute Gasteiger partial charge is 0.507 e. The van der Waals surface area contributed by atoms with Gasteiger partial charge in [-0.1, -0.05) is 32.9 Å². The van der Waals surface area contributed by atoms with E-state index in [1.807, 2.05) is 26.0 Å². The van der Waals surface area contributed by atoms with Gasteiger partial charge >= 0.3 is 0 Å². The molecule has 1 aromatic carbocycles. The van der Waals surface area contributed by atoms with E-state index >= 15 is 0 Å². The van der Waals surface area contributed by atoms with E-state index in [0.29, 0.717) is 25.1 Å². The number of hydrogen-bond acceptors (Lipinski definition) is 2. The van der Waals surface area contributed by atoms with Gasteiger partial charge in [0.2, 0.25) is 5.91 Å². The molecule has 0 aliphatic carbocycles. The van der Waals surface area contributed by atoms with E-state index in [-0.39, 0.29) is 11.3 Å². The third-order valence-corrected chi connectivity index (χ3v) is 3.18. The molecule has 0 aliphatic rings. The number of carbonyl (C=O) groups excluding carboxylic acids is 1. The van der Waals surface area contributed by atoms with Gasteiger partial charge in [-0.15, -0.1) is 0 Å². The summed E-state index contributed by atoms with van der Waals surface area (Å²) in [5.41, 5.74) is 2.82. The minimum absolute atomic E-state index is 0.0746. The average molecular weight is 263 g/mol. The first-order chi connectivity index (χ1) is 8.75. The minimum atomic E-state index is -0.101. The maximum atomic E-state index is 11.5. The SMILES string of the molecule is CCNC(=O)CCc1cc(C)c(O)c(C(C)(C)C)c1. The highest BCUT2D eigenvalue weighted by Gasteiger charge is 2.20. The molecule has 19 heavy (non-hydrogen) atoms. The second-order valence-corrected chi connectivity index (χ2v) is 6.01. The highest BCUT2D eigenvalue weighted by Crippen LogP contribution is 2.34. The average Bonchev–Trinajstić information content (AvgIpc) is 2.29. The van der Waals surface area contributed by atoms with E-state index in [9.17, 15) is 9.90 Å². The van der Waals surface area contributed by atoms with Crippen LogP contribution in [0.25, 0.3) is 0 Å². The van der Waals surface area contributed by atoms with E-state index in [4.69, 9.17) is 0 Å². The fourth-order valence-electron chi connectivity index (χ4n) is 2.11. The standard InChI is InChI=1S/C16H25NO2/c1-6-17-14(18)8-7-12-9-11(2)15(19)13(10-12)16(3,4)5/h9-10,19H,6-8H2,1-5H3,(H,17,18). The Balaban J connectivity index is 2.92. The zero-order chi connectivity index (χ0) is 14.6.